The third-order valence-corrected chi connectivity index (χ3v) is 5.67. The maximum Gasteiger partial charge on any atom is 0.242 e. The number of benzene rings is 1. The molecule has 148 valence electrons. The zero-order valence-corrected chi connectivity index (χ0v) is 17.0. The minimum atomic E-state index is -3.62. The van der Waals surface area contributed by atoms with Crippen LogP contribution in [-0.4, -0.2) is 58.3 Å². The van der Waals surface area contributed by atoms with Crippen LogP contribution in [0.1, 0.15) is 11.5 Å². The van der Waals surface area contributed by atoms with E-state index in [0.29, 0.717) is 18.0 Å². The van der Waals surface area contributed by atoms with E-state index in [-0.39, 0.29) is 17.3 Å². The maximum atomic E-state index is 12.4. The Kier molecular flexibility index (Phi) is 6.63. The van der Waals surface area contributed by atoms with Crippen molar-refractivity contribution in [1.82, 2.24) is 9.21 Å². The number of sulfonamides is 1. The number of nitrogens with one attached hydrogen (secondary N) is 1. The number of rotatable bonds is 8. The second-order valence-corrected chi connectivity index (χ2v) is 8.53. The second-order valence-electron chi connectivity index (χ2n) is 6.38. The number of carbonyl (C=O) groups excluding carboxylic acids is 1. The number of likely N-dealkylation sites (N-methyl/N-ethyl adjacent to an activating group) is 1. The second kappa shape index (κ2) is 8.55. The summed E-state index contributed by atoms with van der Waals surface area (Å²) in [5.74, 6) is 1.66. The molecule has 1 aromatic carbocycles. The molecule has 1 aromatic heterocycles. The van der Waals surface area contributed by atoms with Gasteiger partial charge >= 0.3 is 0 Å². The number of carbonyl (C=O) groups is 1. The normalized spacial score (nSPS) is 11.8. The van der Waals surface area contributed by atoms with Gasteiger partial charge in [-0.3, -0.25) is 9.69 Å². The van der Waals surface area contributed by atoms with E-state index < -0.39 is 10.0 Å². The third kappa shape index (κ3) is 5.31. The lowest BCUT2D eigenvalue weighted by Crippen LogP contribution is -2.30. The highest BCUT2D eigenvalue weighted by molar-refractivity contribution is 7.89. The van der Waals surface area contributed by atoms with E-state index in [4.69, 9.17) is 9.15 Å². The van der Waals surface area contributed by atoms with Crippen molar-refractivity contribution in [1.29, 1.82) is 0 Å². The van der Waals surface area contributed by atoms with Crippen molar-refractivity contribution >= 4 is 21.6 Å². The zero-order valence-electron chi connectivity index (χ0n) is 16.1. The molecule has 0 radical (unpaired) electrons. The topological polar surface area (TPSA) is 92.1 Å². The Morgan fingerprint density at radius 3 is 2.44 bits per heavy atom. The first-order chi connectivity index (χ1) is 12.6. The van der Waals surface area contributed by atoms with Gasteiger partial charge in [-0.05, 0) is 44.3 Å². The van der Waals surface area contributed by atoms with Gasteiger partial charge in [0.25, 0.3) is 0 Å². The Labute approximate surface area is 159 Å². The highest BCUT2D eigenvalue weighted by atomic mass is 32.2. The van der Waals surface area contributed by atoms with Crippen molar-refractivity contribution < 1.29 is 22.4 Å². The van der Waals surface area contributed by atoms with Crippen LogP contribution in [0.2, 0.25) is 0 Å². The first kappa shape index (κ1) is 20.9. The molecule has 0 aliphatic rings. The van der Waals surface area contributed by atoms with E-state index in [9.17, 15) is 13.2 Å². The predicted molar refractivity (Wildman–Crippen MR) is 102 cm³/mol. The van der Waals surface area contributed by atoms with Gasteiger partial charge in [-0.15, -0.1) is 0 Å². The molecule has 27 heavy (non-hydrogen) atoms. The number of hydrogen-bond donors (Lipinski definition) is 1. The van der Waals surface area contributed by atoms with Crippen LogP contribution in [0.4, 0.5) is 5.69 Å². The lowest BCUT2D eigenvalue weighted by atomic mass is 10.3. The summed E-state index contributed by atoms with van der Waals surface area (Å²) in [5.41, 5.74) is 0.299. The zero-order chi connectivity index (χ0) is 20.2. The van der Waals surface area contributed by atoms with Crippen molar-refractivity contribution in [2.24, 2.45) is 0 Å². The Hall–Kier alpha value is -2.36. The quantitative estimate of drug-likeness (QED) is 0.734. The van der Waals surface area contributed by atoms with Crippen LogP contribution in [0.15, 0.2) is 39.6 Å². The molecule has 0 unspecified atom stereocenters. The molecule has 2 rings (SSSR count). The highest BCUT2D eigenvalue weighted by Gasteiger charge is 2.20. The number of ether oxygens (including phenoxy) is 1. The summed E-state index contributed by atoms with van der Waals surface area (Å²) in [6.45, 7) is 2.44. The van der Waals surface area contributed by atoms with Gasteiger partial charge in [0.1, 0.15) is 17.3 Å². The molecule has 0 saturated heterocycles. The largest absolute Gasteiger partial charge is 0.495 e. The molecule has 2 aromatic rings. The van der Waals surface area contributed by atoms with Crippen LogP contribution in [-0.2, 0) is 21.4 Å². The van der Waals surface area contributed by atoms with Gasteiger partial charge in [0.05, 0.1) is 30.8 Å². The fourth-order valence-corrected chi connectivity index (χ4v) is 3.41. The van der Waals surface area contributed by atoms with Crippen molar-refractivity contribution in [3.05, 3.63) is 41.9 Å². The first-order valence-electron chi connectivity index (χ1n) is 8.27. The Morgan fingerprint density at radius 1 is 1.19 bits per heavy atom. The van der Waals surface area contributed by atoms with Crippen LogP contribution in [0.3, 0.4) is 0 Å². The van der Waals surface area contributed by atoms with E-state index in [1.807, 2.05) is 19.1 Å². The molecule has 8 nitrogen and oxygen atoms in total. The van der Waals surface area contributed by atoms with Crippen LogP contribution in [0, 0.1) is 6.92 Å². The van der Waals surface area contributed by atoms with Gasteiger partial charge in [0.2, 0.25) is 15.9 Å². The summed E-state index contributed by atoms with van der Waals surface area (Å²) in [5, 5.41) is 2.72. The minimum absolute atomic E-state index is 0.0722. The summed E-state index contributed by atoms with van der Waals surface area (Å²) >= 11 is 0. The maximum absolute atomic E-state index is 12.4. The molecule has 9 heteroatoms. The molecular formula is C18H25N3O5S. The molecule has 0 atom stereocenters. The van der Waals surface area contributed by atoms with Gasteiger partial charge in [-0.2, -0.15) is 0 Å². The van der Waals surface area contributed by atoms with E-state index in [0.717, 1.165) is 15.8 Å². The summed E-state index contributed by atoms with van der Waals surface area (Å²) in [6, 6.07) is 8.08. The SMILES string of the molecule is COc1ccc(S(=O)(=O)N(C)C)cc1NC(=O)CN(C)Cc1ccc(C)o1. The molecule has 1 amide bonds. The average Bonchev–Trinajstić information content (AvgIpc) is 2.98. The van der Waals surface area contributed by atoms with E-state index >= 15 is 0 Å². The Bertz CT molecular complexity index is 905. The van der Waals surface area contributed by atoms with Gasteiger partial charge in [-0.1, -0.05) is 0 Å². The molecule has 0 spiro atoms. The summed E-state index contributed by atoms with van der Waals surface area (Å²) in [4.78, 5) is 14.2. The Morgan fingerprint density at radius 2 is 1.89 bits per heavy atom. The van der Waals surface area contributed by atoms with Crippen LogP contribution in [0.25, 0.3) is 0 Å². The van der Waals surface area contributed by atoms with Crippen molar-refractivity contribution in [3.63, 3.8) is 0 Å². The molecule has 0 aliphatic carbocycles. The van der Waals surface area contributed by atoms with Gasteiger partial charge < -0.3 is 14.5 Å². The van der Waals surface area contributed by atoms with Crippen LogP contribution >= 0.6 is 0 Å². The molecular weight excluding hydrogens is 370 g/mol. The first-order valence-corrected chi connectivity index (χ1v) is 9.71. The summed E-state index contributed by atoms with van der Waals surface area (Å²) in [6.07, 6.45) is 0. The molecule has 0 bridgehead atoms. The number of nitrogens with zero attached hydrogens (tertiary/aromatic N) is 2. The number of aryl methyl sites for hydroxylation is 1. The van der Waals surface area contributed by atoms with Crippen LogP contribution < -0.4 is 10.1 Å². The van der Waals surface area contributed by atoms with Crippen molar-refractivity contribution in [3.8, 4) is 5.75 Å². The van der Waals surface area contributed by atoms with Crippen LogP contribution in [0.5, 0.6) is 5.75 Å². The monoisotopic (exact) mass is 395 g/mol. The van der Waals surface area contributed by atoms with E-state index in [2.05, 4.69) is 5.32 Å². The summed E-state index contributed by atoms with van der Waals surface area (Å²) in [7, 11) is 2.53. The molecule has 0 saturated carbocycles. The predicted octanol–water partition coefficient (Wildman–Crippen LogP) is 1.92. The molecule has 1 N–H and O–H groups in total. The van der Waals surface area contributed by atoms with Crippen molar-refractivity contribution in [2.75, 3.05) is 40.1 Å². The smallest absolute Gasteiger partial charge is 0.242 e. The highest BCUT2D eigenvalue weighted by Crippen LogP contribution is 2.28. The number of anilines is 1. The fraction of sp³-hybridized carbons (Fsp3) is 0.389. The molecule has 0 aliphatic heterocycles. The lowest BCUT2D eigenvalue weighted by molar-refractivity contribution is -0.117. The Balaban J connectivity index is 2.11. The minimum Gasteiger partial charge on any atom is -0.495 e. The van der Waals surface area contributed by atoms with Crippen molar-refractivity contribution in [2.45, 2.75) is 18.4 Å². The van der Waals surface area contributed by atoms with E-state index in [1.54, 1.807) is 11.9 Å². The fourth-order valence-electron chi connectivity index (χ4n) is 2.48. The molecule has 1 heterocycles. The summed E-state index contributed by atoms with van der Waals surface area (Å²) < 4.78 is 36.5. The number of amides is 1. The number of furan rings is 1. The van der Waals surface area contributed by atoms with Gasteiger partial charge in [-0.25, -0.2) is 12.7 Å². The average molecular weight is 395 g/mol. The van der Waals surface area contributed by atoms with Gasteiger partial charge in [0, 0.05) is 14.1 Å². The van der Waals surface area contributed by atoms with Gasteiger partial charge in [0.15, 0.2) is 0 Å². The molecule has 0 fully saturated rings. The number of hydrogen-bond acceptors (Lipinski definition) is 6. The third-order valence-electron chi connectivity index (χ3n) is 3.86. The standard InChI is InChI=1S/C18H25N3O5S/c1-13-6-7-14(26-13)11-21(4)12-18(22)19-16-10-15(8-9-17(16)25-5)27(23,24)20(2)3/h6-10H,11-12H2,1-5H3,(H,19,22). The number of methoxy groups -OCH3 is 1. The van der Waals surface area contributed by atoms with E-state index in [1.165, 1.54) is 39.4 Å². The lowest BCUT2D eigenvalue weighted by Gasteiger charge is -2.17.